The number of benzene rings is 2. The predicted molar refractivity (Wildman–Crippen MR) is 78.5 cm³/mol. The van der Waals surface area contributed by atoms with E-state index in [0.717, 1.165) is 11.5 Å². The van der Waals surface area contributed by atoms with Gasteiger partial charge in [-0.05, 0) is 42.4 Å². The lowest BCUT2D eigenvalue weighted by molar-refractivity contribution is 0.101. The van der Waals surface area contributed by atoms with Crippen molar-refractivity contribution in [3.63, 3.8) is 0 Å². The highest BCUT2D eigenvalue weighted by atomic mass is 16.1. The maximum Gasteiger partial charge on any atom is 0.159 e. The molecule has 0 spiro atoms. The Kier molecular flexibility index (Phi) is 3.20. The van der Waals surface area contributed by atoms with E-state index >= 15 is 0 Å². The van der Waals surface area contributed by atoms with Crippen LogP contribution < -0.4 is 0 Å². The number of ketones is 1. The number of carbonyl (C=O) groups excluding carboxylic acids is 1. The second kappa shape index (κ2) is 5.00. The lowest BCUT2D eigenvalue weighted by Gasteiger charge is -2.26. The Morgan fingerprint density at radius 3 is 2.32 bits per heavy atom. The molecule has 0 amide bonds. The molecule has 96 valence electrons. The van der Waals surface area contributed by atoms with Gasteiger partial charge < -0.3 is 0 Å². The van der Waals surface area contributed by atoms with Gasteiger partial charge in [0, 0.05) is 5.56 Å². The van der Waals surface area contributed by atoms with E-state index in [4.69, 9.17) is 0 Å². The molecule has 1 nitrogen and oxygen atoms in total. The fourth-order valence-electron chi connectivity index (χ4n) is 2.61. The molecule has 1 heteroatoms. The molecule has 0 radical (unpaired) electrons. The zero-order valence-corrected chi connectivity index (χ0v) is 11.2. The molecule has 19 heavy (non-hydrogen) atoms. The molecule has 0 atom stereocenters. The Morgan fingerprint density at radius 2 is 1.74 bits per heavy atom. The van der Waals surface area contributed by atoms with E-state index in [-0.39, 0.29) is 5.78 Å². The lowest BCUT2D eigenvalue weighted by Crippen LogP contribution is -2.08. The summed E-state index contributed by atoms with van der Waals surface area (Å²) in [6.45, 7) is 1.60. The van der Waals surface area contributed by atoms with Crippen molar-refractivity contribution in [3.8, 4) is 11.1 Å². The van der Waals surface area contributed by atoms with Crippen LogP contribution in [0.3, 0.4) is 0 Å². The molecule has 1 aliphatic carbocycles. The van der Waals surface area contributed by atoms with Crippen molar-refractivity contribution in [2.75, 3.05) is 0 Å². The van der Waals surface area contributed by atoms with E-state index in [1.54, 1.807) is 6.92 Å². The number of hydrogen-bond acceptors (Lipinski definition) is 1. The van der Waals surface area contributed by atoms with Crippen LogP contribution in [0.2, 0.25) is 0 Å². The minimum absolute atomic E-state index is 0.120. The summed E-state index contributed by atoms with van der Waals surface area (Å²) in [7, 11) is 0. The monoisotopic (exact) mass is 250 g/mol. The van der Waals surface area contributed by atoms with Crippen molar-refractivity contribution in [1.29, 1.82) is 0 Å². The Morgan fingerprint density at radius 1 is 1.00 bits per heavy atom. The first kappa shape index (κ1) is 12.2. The molecular formula is C18H18O. The van der Waals surface area contributed by atoms with Crippen LogP contribution in [0.1, 0.15) is 48.0 Å². The Bertz CT molecular complexity index is 591. The molecule has 1 aliphatic rings. The third-order valence-electron chi connectivity index (χ3n) is 4.09. The van der Waals surface area contributed by atoms with Crippen LogP contribution in [0.4, 0.5) is 0 Å². The Labute approximate surface area is 114 Å². The van der Waals surface area contributed by atoms with Gasteiger partial charge in [0.15, 0.2) is 5.78 Å². The fraction of sp³-hybridized carbons (Fsp3) is 0.278. The highest BCUT2D eigenvalue weighted by Gasteiger charge is 2.19. The minimum atomic E-state index is 0.120. The van der Waals surface area contributed by atoms with Crippen molar-refractivity contribution in [1.82, 2.24) is 0 Å². The van der Waals surface area contributed by atoms with Crippen molar-refractivity contribution >= 4 is 5.78 Å². The van der Waals surface area contributed by atoms with Gasteiger partial charge in [-0.15, -0.1) is 0 Å². The zero-order chi connectivity index (χ0) is 13.2. The molecule has 3 rings (SSSR count). The summed E-state index contributed by atoms with van der Waals surface area (Å²) in [5.41, 5.74) is 4.67. The molecule has 2 aromatic rings. The number of rotatable bonds is 3. The molecule has 1 fully saturated rings. The Hall–Kier alpha value is -1.89. The van der Waals surface area contributed by atoms with E-state index in [1.165, 1.54) is 36.0 Å². The lowest BCUT2D eigenvalue weighted by atomic mass is 9.79. The normalized spacial score (nSPS) is 15.0. The van der Waals surface area contributed by atoms with Gasteiger partial charge in [0.2, 0.25) is 0 Å². The van der Waals surface area contributed by atoms with E-state index < -0.39 is 0 Å². The number of carbonyl (C=O) groups is 1. The zero-order valence-electron chi connectivity index (χ0n) is 11.2. The molecule has 0 heterocycles. The van der Waals surface area contributed by atoms with Gasteiger partial charge in [-0.2, -0.15) is 0 Å². The average Bonchev–Trinajstić information content (AvgIpc) is 2.37. The van der Waals surface area contributed by atoms with Gasteiger partial charge in [-0.25, -0.2) is 0 Å². The SMILES string of the molecule is CC(=O)c1ccc(-c2cccc(C3CCC3)c2)cc1. The quantitative estimate of drug-likeness (QED) is 0.713. The summed E-state index contributed by atoms with van der Waals surface area (Å²) in [6, 6.07) is 16.7. The molecule has 2 aromatic carbocycles. The van der Waals surface area contributed by atoms with E-state index in [2.05, 4.69) is 24.3 Å². The summed E-state index contributed by atoms with van der Waals surface area (Å²) < 4.78 is 0. The standard InChI is InChI=1S/C18H18O/c1-13(19)14-8-10-16(11-9-14)18-7-3-6-17(12-18)15-4-2-5-15/h3,6-12,15H,2,4-5H2,1H3. The summed E-state index contributed by atoms with van der Waals surface area (Å²) in [6.07, 6.45) is 4.02. The highest BCUT2D eigenvalue weighted by molar-refractivity contribution is 5.94. The fourth-order valence-corrected chi connectivity index (χ4v) is 2.61. The average molecular weight is 250 g/mol. The smallest absolute Gasteiger partial charge is 0.159 e. The van der Waals surface area contributed by atoms with Gasteiger partial charge in [0.1, 0.15) is 0 Å². The molecule has 0 bridgehead atoms. The molecule has 0 N–H and O–H groups in total. The van der Waals surface area contributed by atoms with Crippen LogP contribution in [0.25, 0.3) is 11.1 Å². The first-order chi connectivity index (χ1) is 9.24. The Balaban J connectivity index is 1.90. The molecule has 1 saturated carbocycles. The van der Waals surface area contributed by atoms with Gasteiger partial charge in [0.25, 0.3) is 0 Å². The largest absolute Gasteiger partial charge is 0.295 e. The van der Waals surface area contributed by atoms with Gasteiger partial charge in [-0.1, -0.05) is 55.0 Å². The molecular weight excluding hydrogens is 232 g/mol. The van der Waals surface area contributed by atoms with Gasteiger partial charge in [-0.3, -0.25) is 4.79 Å². The van der Waals surface area contributed by atoms with E-state index in [1.807, 2.05) is 24.3 Å². The van der Waals surface area contributed by atoms with Crippen molar-refractivity contribution in [3.05, 3.63) is 59.7 Å². The molecule has 0 saturated heterocycles. The van der Waals surface area contributed by atoms with Crippen LogP contribution >= 0.6 is 0 Å². The molecule has 0 aliphatic heterocycles. The predicted octanol–water partition coefficient (Wildman–Crippen LogP) is 4.82. The topological polar surface area (TPSA) is 17.1 Å². The summed E-state index contributed by atoms with van der Waals surface area (Å²) in [4.78, 5) is 11.3. The van der Waals surface area contributed by atoms with Gasteiger partial charge in [0.05, 0.1) is 0 Å². The van der Waals surface area contributed by atoms with Crippen molar-refractivity contribution in [2.24, 2.45) is 0 Å². The number of hydrogen-bond donors (Lipinski definition) is 0. The van der Waals surface area contributed by atoms with Crippen LogP contribution in [0.5, 0.6) is 0 Å². The van der Waals surface area contributed by atoms with E-state index in [0.29, 0.717) is 0 Å². The number of Topliss-reactive ketones (excluding diaryl/α,β-unsaturated/α-hetero) is 1. The van der Waals surface area contributed by atoms with Gasteiger partial charge >= 0.3 is 0 Å². The van der Waals surface area contributed by atoms with Crippen LogP contribution in [-0.2, 0) is 0 Å². The summed E-state index contributed by atoms with van der Waals surface area (Å²) in [5, 5.41) is 0. The maximum absolute atomic E-state index is 11.3. The highest BCUT2D eigenvalue weighted by Crippen LogP contribution is 2.37. The first-order valence-corrected chi connectivity index (χ1v) is 6.95. The second-order valence-electron chi connectivity index (χ2n) is 5.39. The maximum atomic E-state index is 11.3. The van der Waals surface area contributed by atoms with Crippen LogP contribution in [0, 0.1) is 0 Å². The first-order valence-electron chi connectivity index (χ1n) is 6.95. The van der Waals surface area contributed by atoms with Crippen LogP contribution in [-0.4, -0.2) is 5.78 Å². The van der Waals surface area contributed by atoms with Crippen LogP contribution in [0.15, 0.2) is 48.5 Å². The summed E-state index contributed by atoms with van der Waals surface area (Å²) >= 11 is 0. The third kappa shape index (κ3) is 2.46. The second-order valence-corrected chi connectivity index (χ2v) is 5.39. The van der Waals surface area contributed by atoms with E-state index in [9.17, 15) is 4.79 Å². The summed E-state index contributed by atoms with van der Waals surface area (Å²) in [5.74, 6) is 0.881. The molecule has 0 unspecified atom stereocenters. The minimum Gasteiger partial charge on any atom is -0.295 e. The molecule has 0 aromatic heterocycles. The van der Waals surface area contributed by atoms with Crippen molar-refractivity contribution in [2.45, 2.75) is 32.1 Å². The van der Waals surface area contributed by atoms with Crippen molar-refractivity contribution < 1.29 is 4.79 Å². The third-order valence-corrected chi connectivity index (χ3v) is 4.09.